The smallest absolute Gasteiger partial charge is 0.416 e. The fraction of sp³-hybridized carbons (Fsp3) is 0.240. The summed E-state index contributed by atoms with van der Waals surface area (Å²) in [6, 6.07) is 13.0. The van der Waals surface area contributed by atoms with Crippen LogP contribution in [0.25, 0.3) is 5.70 Å². The molecular weight excluding hydrogens is 531 g/mol. The average molecular weight is 554 g/mol. The van der Waals surface area contributed by atoms with Crippen molar-refractivity contribution in [1.82, 2.24) is 14.7 Å². The van der Waals surface area contributed by atoms with Crippen molar-refractivity contribution in [3.63, 3.8) is 0 Å². The number of hydrogen-bond donors (Lipinski definition) is 1. The molecule has 0 spiro atoms. The summed E-state index contributed by atoms with van der Waals surface area (Å²) in [5, 5.41) is 1.78. The Morgan fingerprint density at radius 2 is 1.86 bits per heavy atom. The number of rotatable bonds is 8. The van der Waals surface area contributed by atoms with Crippen LogP contribution in [-0.2, 0) is 21.0 Å². The van der Waals surface area contributed by atoms with Gasteiger partial charge in [0.2, 0.25) is 10.0 Å². The summed E-state index contributed by atoms with van der Waals surface area (Å²) in [5.41, 5.74) is 3.23. The fourth-order valence-electron chi connectivity index (χ4n) is 3.89. The van der Waals surface area contributed by atoms with Gasteiger partial charge in [-0.25, -0.2) is 13.4 Å². The van der Waals surface area contributed by atoms with Crippen LogP contribution in [0, 0.1) is 0 Å². The Morgan fingerprint density at radius 1 is 1.14 bits per heavy atom. The molecule has 0 saturated heterocycles. The van der Waals surface area contributed by atoms with Crippen molar-refractivity contribution in [3.8, 4) is 0 Å². The van der Waals surface area contributed by atoms with Crippen LogP contribution in [0.2, 0.25) is 5.02 Å². The van der Waals surface area contributed by atoms with E-state index in [0.29, 0.717) is 29.0 Å². The number of carbonyl (C=O) groups is 1. The Kier molecular flexibility index (Phi) is 7.67. The Labute approximate surface area is 217 Å². The van der Waals surface area contributed by atoms with Gasteiger partial charge in [-0.15, -0.1) is 0 Å². The maximum atomic E-state index is 13.5. The standard InChI is InChI=1S/C25H23ClF3N3O4S/c1-2-12-31(37(34,35)20-6-3-5-18(14-20)25(27,28)29)16-24(33)32-22(23-7-4-13-36-23)15-21(30-32)17-8-10-19(26)11-9-17/h3-11,13-15,22,30H,2,12,16H2,1H3/t22-/m1/s1. The Balaban J connectivity index is 1.62. The van der Waals surface area contributed by atoms with E-state index < -0.39 is 45.2 Å². The molecule has 4 rings (SSSR count). The third-order valence-electron chi connectivity index (χ3n) is 5.69. The summed E-state index contributed by atoms with van der Waals surface area (Å²) >= 11 is 5.98. The van der Waals surface area contributed by atoms with E-state index in [2.05, 4.69) is 5.43 Å². The SMILES string of the molecule is CCCN(CC(=O)N1NC(c2ccc(Cl)cc2)=C[C@@H]1c1ccco1)S(=O)(=O)c1cccc(C(F)(F)F)c1. The molecule has 0 unspecified atom stereocenters. The number of benzene rings is 2. The second-order valence-electron chi connectivity index (χ2n) is 8.29. The molecule has 1 aromatic heterocycles. The minimum atomic E-state index is -4.71. The number of hydrogen-bond acceptors (Lipinski definition) is 5. The van der Waals surface area contributed by atoms with Gasteiger partial charge in [0.15, 0.2) is 0 Å². The lowest BCUT2D eigenvalue weighted by molar-refractivity contribution is -0.138. The number of furan rings is 1. The molecule has 2 heterocycles. The number of nitrogens with one attached hydrogen (secondary N) is 1. The molecular formula is C25H23ClF3N3O4S. The predicted molar refractivity (Wildman–Crippen MR) is 131 cm³/mol. The molecule has 2 aromatic carbocycles. The Bertz CT molecular complexity index is 1390. The first kappa shape index (κ1) is 26.8. The van der Waals surface area contributed by atoms with Crippen LogP contribution in [-0.4, -0.2) is 36.7 Å². The second kappa shape index (κ2) is 10.6. The van der Waals surface area contributed by atoms with Crippen molar-refractivity contribution in [2.75, 3.05) is 13.1 Å². The number of carbonyl (C=O) groups excluding carboxylic acids is 1. The highest BCUT2D eigenvalue weighted by Crippen LogP contribution is 2.33. The lowest BCUT2D eigenvalue weighted by Crippen LogP contribution is -2.47. The number of nitrogens with zero attached hydrogens (tertiary/aromatic N) is 2. The zero-order chi connectivity index (χ0) is 26.8. The van der Waals surface area contributed by atoms with Crippen molar-refractivity contribution in [2.45, 2.75) is 30.5 Å². The molecule has 1 aliphatic heterocycles. The molecule has 12 heteroatoms. The van der Waals surface area contributed by atoms with Gasteiger partial charge in [0.25, 0.3) is 5.91 Å². The first-order valence-electron chi connectivity index (χ1n) is 11.3. The summed E-state index contributed by atoms with van der Waals surface area (Å²) in [4.78, 5) is 12.9. The lowest BCUT2D eigenvalue weighted by Gasteiger charge is -2.28. The van der Waals surface area contributed by atoms with Gasteiger partial charge in [-0.2, -0.15) is 17.5 Å². The highest BCUT2D eigenvalue weighted by atomic mass is 35.5. The molecule has 37 heavy (non-hydrogen) atoms. The van der Waals surface area contributed by atoms with Crippen LogP contribution >= 0.6 is 11.6 Å². The molecule has 0 aliphatic carbocycles. The molecule has 3 aromatic rings. The molecule has 1 amide bonds. The van der Waals surface area contributed by atoms with Gasteiger partial charge < -0.3 is 4.42 Å². The summed E-state index contributed by atoms with van der Waals surface area (Å²) in [6.07, 6.45) is -1.16. The fourth-order valence-corrected chi connectivity index (χ4v) is 5.54. The lowest BCUT2D eigenvalue weighted by atomic mass is 10.1. The molecule has 0 radical (unpaired) electrons. The normalized spacial score (nSPS) is 16.1. The number of alkyl halides is 3. The van der Waals surface area contributed by atoms with Gasteiger partial charge in [-0.3, -0.25) is 10.2 Å². The van der Waals surface area contributed by atoms with E-state index in [4.69, 9.17) is 16.0 Å². The summed E-state index contributed by atoms with van der Waals surface area (Å²) in [7, 11) is -4.41. The van der Waals surface area contributed by atoms with E-state index in [9.17, 15) is 26.4 Å². The van der Waals surface area contributed by atoms with Crippen LogP contribution < -0.4 is 5.43 Å². The van der Waals surface area contributed by atoms with Crippen LogP contribution in [0.4, 0.5) is 13.2 Å². The van der Waals surface area contributed by atoms with E-state index in [1.807, 2.05) is 0 Å². The second-order valence-corrected chi connectivity index (χ2v) is 10.7. The van der Waals surface area contributed by atoms with Crippen LogP contribution in [0.1, 0.15) is 36.3 Å². The Morgan fingerprint density at radius 3 is 2.49 bits per heavy atom. The maximum absolute atomic E-state index is 13.5. The van der Waals surface area contributed by atoms with E-state index in [-0.39, 0.29) is 6.54 Å². The molecule has 1 N–H and O–H groups in total. The minimum absolute atomic E-state index is 0.0684. The molecule has 1 aliphatic rings. The maximum Gasteiger partial charge on any atom is 0.416 e. The number of amides is 1. The minimum Gasteiger partial charge on any atom is -0.467 e. The van der Waals surface area contributed by atoms with E-state index in [1.165, 1.54) is 11.3 Å². The zero-order valence-electron chi connectivity index (χ0n) is 19.6. The number of hydrazine groups is 1. The van der Waals surface area contributed by atoms with Gasteiger partial charge in [-0.1, -0.05) is 36.7 Å². The first-order valence-corrected chi connectivity index (χ1v) is 13.1. The van der Waals surface area contributed by atoms with Gasteiger partial charge in [-0.05, 0) is 60.5 Å². The van der Waals surface area contributed by atoms with E-state index in [1.54, 1.807) is 49.4 Å². The number of sulfonamides is 1. The van der Waals surface area contributed by atoms with Gasteiger partial charge in [0.05, 0.1) is 29.0 Å². The first-order chi connectivity index (χ1) is 17.5. The highest BCUT2D eigenvalue weighted by molar-refractivity contribution is 7.89. The quantitative estimate of drug-likeness (QED) is 0.399. The monoisotopic (exact) mass is 553 g/mol. The molecule has 0 saturated carbocycles. The van der Waals surface area contributed by atoms with Gasteiger partial charge >= 0.3 is 6.18 Å². The summed E-state index contributed by atoms with van der Waals surface area (Å²) in [6.45, 7) is 1.04. The largest absolute Gasteiger partial charge is 0.467 e. The van der Waals surface area contributed by atoms with Crippen molar-refractivity contribution < 1.29 is 30.8 Å². The molecule has 0 fully saturated rings. The molecule has 7 nitrogen and oxygen atoms in total. The third-order valence-corrected chi connectivity index (χ3v) is 7.78. The summed E-state index contributed by atoms with van der Waals surface area (Å²) < 4.78 is 72.6. The molecule has 1 atom stereocenters. The van der Waals surface area contributed by atoms with E-state index >= 15 is 0 Å². The van der Waals surface area contributed by atoms with Gasteiger partial charge in [0.1, 0.15) is 11.8 Å². The topological polar surface area (TPSA) is 82.9 Å². The van der Waals surface area contributed by atoms with E-state index in [0.717, 1.165) is 28.1 Å². The van der Waals surface area contributed by atoms with Gasteiger partial charge in [0, 0.05) is 11.6 Å². The highest BCUT2D eigenvalue weighted by Gasteiger charge is 2.37. The van der Waals surface area contributed by atoms with Crippen molar-refractivity contribution in [3.05, 3.63) is 94.9 Å². The molecule has 196 valence electrons. The van der Waals surface area contributed by atoms with Crippen LogP contribution in [0.3, 0.4) is 0 Å². The average Bonchev–Trinajstić information content (AvgIpc) is 3.54. The van der Waals surface area contributed by atoms with Crippen LogP contribution in [0.15, 0.2) is 82.3 Å². The number of halogens is 4. The predicted octanol–water partition coefficient (Wildman–Crippen LogP) is 5.48. The molecule has 0 bridgehead atoms. The zero-order valence-corrected chi connectivity index (χ0v) is 21.1. The van der Waals surface area contributed by atoms with Crippen molar-refractivity contribution in [1.29, 1.82) is 0 Å². The summed E-state index contributed by atoms with van der Waals surface area (Å²) in [5.74, 6) is -0.182. The third kappa shape index (κ3) is 5.84. The van der Waals surface area contributed by atoms with Crippen molar-refractivity contribution in [2.24, 2.45) is 0 Å². The van der Waals surface area contributed by atoms with Crippen molar-refractivity contribution >= 4 is 33.2 Å². The Hall–Kier alpha value is -3.28. The van der Waals surface area contributed by atoms with Crippen LogP contribution in [0.5, 0.6) is 0 Å².